The van der Waals surface area contributed by atoms with Crippen LogP contribution in [0.5, 0.6) is 0 Å². The third-order valence-corrected chi connectivity index (χ3v) is 6.59. The third kappa shape index (κ3) is 5.93. The number of piperidine rings is 1. The van der Waals surface area contributed by atoms with Gasteiger partial charge in [0.2, 0.25) is 0 Å². The molecule has 2 aliphatic rings. The number of hydrogen-bond acceptors (Lipinski definition) is 4. The second-order valence-corrected chi connectivity index (χ2v) is 8.71. The maximum atomic E-state index is 13.5. The summed E-state index contributed by atoms with van der Waals surface area (Å²) in [7, 11) is 0. The summed E-state index contributed by atoms with van der Waals surface area (Å²) in [5, 5.41) is 0. The van der Waals surface area contributed by atoms with Gasteiger partial charge in [-0.25, -0.2) is 9.18 Å². The van der Waals surface area contributed by atoms with E-state index in [9.17, 15) is 9.18 Å². The van der Waals surface area contributed by atoms with Crippen LogP contribution in [0.15, 0.2) is 48.5 Å². The summed E-state index contributed by atoms with van der Waals surface area (Å²) in [5.41, 5.74) is 3.18. The number of benzene rings is 2. The molecule has 1 atom stereocenters. The number of amides is 1. The standard InChI is InChI=1S/C27H31FN2O3/c1-2-18-32-19-17-29-14-11-21(12-15-29)20-33-27(31)30-16-13-22-5-3-4-6-25(22)26(30)23-7-9-24(28)10-8-23/h1,3-10,21,26H,11-20H2/t26-/m0/s1. The van der Waals surface area contributed by atoms with Crippen molar-refractivity contribution in [1.82, 2.24) is 9.80 Å². The molecular weight excluding hydrogens is 419 g/mol. The number of halogens is 1. The summed E-state index contributed by atoms with van der Waals surface area (Å²) in [6.07, 6.45) is 7.66. The Morgan fingerprint density at radius 3 is 2.61 bits per heavy atom. The van der Waals surface area contributed by atoms with E-state index in [-0.39, 0.29) is 18.0 Å². The average molecular weight is 451 g/mol. The van der Waals surface area contributed by atoms with Gasteiger partial charge in [-0.05, 0) is 67.1 Å². The Balaban J connectivity index is 1.35. The lowest BCUT2D eigenvalue weighted by Crippen LogP contribution is -2.42. The fourth-order valence-corrected chi connectivity index (χ4v) is 4.74. The van der Waals surface area contributed by atoms with Gasteiger partial charge in [-0.15, -0.1) is 6.42 Å². The molecule has 2 aromatic carbocycles. The van der Waals surface area contributed by atoms with E-state index in [1.165, 1.54) is 17.7 Å². The van der Waals surface area contributed by atoms with E-state index in [0.717, 1.165) is 50.0 Å². The van der Waals surface area contributed by atoms with E-state index < -0.39 is 0 Å². The first-order valence-electron chi connectivity index (χ1n) is 11.7. The van der Waals surface area contributed by atoms with Crippen LogP contribution in [-0.4, -0.2) is 61.9 Å². The van der Waals surface area contributed by atoms with Gasteiger partial charge in [-0.3, -0.25) is 4.90 Å². The lowest BCUT2D eigenvalue weighted by Gasteiger charge is -2.37. The monoisotopic (exact) mass is 450 g/mol. The molecule has 0 aliphatic carbocycles. The molecule has 4 rings (SSSR count). The summed E-state index contributed by atoms with van der Waals surface area (Å²) in [4.78, 5) is 17.3. The maximum Gasteiger partial charge on any atom is 0.410 e. The first-order valence-corrected chi connectivity index (χ1v) is 11.7. The highest BCUT2D eigenvalue weighted by atomic mass is 19.1. The summed E-state index contributed by atoms with van der Waals surface area (Å²) in [6.45, 7) is 4.81. The Morgan fingerprint density at radius 2 is 1.85 bits per heavy atom. The van der Waals surface area contributed by atoms with Crippen LogP contribution in [0.4, 0.5) is 9.18 Å². The Bertz CT molecular complexity index is 964. The number of nitrogens with zero attached hydrogens (tertiary/aromatic N) is 2. The van der Waals surface area contributed by atoms with Crippen molar-refractivity contribution < 1.29 is 18.7 Å². The van der Waals surface area contributed by atoms with Crippen molar-refractivity contribution in [2.75, 3.05) is 46.0 Å². The van der Waals surface area contributed by atoms with Gasteiger partial charge in [0.05, 0.1) is 19.3 Å². The van der Waals surface area contributed by atoms with Crippen molar-refractivity contribution in [2.45, 2.75) is 25.3 Å². The van der Waals surface area contributed by atoms with E-state index in [2.05, 4.69) is 16.9 Å². The first-order chi connectivity index (χ1) is 16.2. The molecular formula is C27H31FN2O3. The van der Waals surface area contributed by atoms with Crippen LogP contribution in [0.25, 0.3) is 0 Å². The summed E-state index contributed by atoms with van der Waals surface area (Å²) >= 11 is 0. The van der Waals surface area contributed by atoms with Crippen molar-refractivity contribution in [3.8, 4) is 12.3 Å². The minimum absolute atomic E-state index is 0.270. The lowest BCUT2D eigenvalue weighted by molar-refractivity contribution is 0.0552. The zero-order valence-electron chi connectivity index (χ0n) is 18.9. The molecule has 0 saturated carbocycles. The number of ether oxygens (including phenoxy) is 2. The molecule has 0 spiro atoms. The normalized spacial score (nSPS) is 19.0. The Labute approximate surface area is 195 Å². The quantitative estimate of drug-likeness (QED) is 0.467. The van der Waals surface area contributed by atoms with Crippen LogP contribution < -0.4 is 0 Å². The van der Waals surface area contributed by atoms with E-state index in [1.807, 2.05) is 18.2 Å². The minimum Gasteiger partial charge on any atom is -0.449 e. The highest BCUT2D eigenvalue weighted by Crippen LogP contribution is 2.35. The number of likely N-dealkylation sites (tertiary alicyclic amines) is 1. The van der Waals surface area contributed by atoms with Crippen LogP contribution in [0.1, 0.15) is 35.6 Å². The number of hydrogen-bond donors (Lipinski definition) is 0. The fraction of sp³-hybridized carbons (Fsp3) is 0.444. The highest BCUT2D eigenvalue weighted by Gasteiger charge is 2.33. The fourth-order valence-electron chi connectivity index (χ4n) is 4.74. The van der Waals surface area contributed by atoms with Crippen LogP contribution >= 0.6 is 0 Å². The summed E-state index contributed by atoms with van der Waals surface area (Å²) in [6, 6.07) is 14.3. The number of terminal acetylenes is 1. The molecule has 1 saturated heterocycles. The number of carbonyl (C=O) groups excluding carboxylic acids is 1. The predicted octanol–water partition coefficient (Wildman–Crippen LogP) is 4.27. The molecule has 0 bridgehead atoms. The Morgan fingerprint density at radius 1 is 1.09 bits per heavy atom. The van der Waals surface area contributed by atoms with Gasteiger partial charge in [0.1, 0.15) is 12.4 Å². The molecule has 0 N–H and O–H groups in total. The zero-order valence-corrected chi connectivity index (χ0v) is 18.9. The van der Waals surface area contributed by atoms with Crippen molar-refractivity contribution in [3.63, 3.8) is 0 Å². The topological polar surface area (TPSA) is 42.0 Å². The Hall–Kier alpha value is -2.88. The molecule has 0 unspecified atom stereocenters. The van der Waals surface area contributed by atoms with Crippen molar-refractivity contribution in [2.24, 2.45) is 5.92 Å². The highest BCUT2D eigenvalue weighted by molar-refractivity contribution is 5.70. The largest absolute Gasteiger partial charge is 0.449 e. The zero-order chi connectivity index (χ0) is 23.0. The summed E-state index contributed by atoms with van der Waals surface area (Å²) in [5.74, 6) is 2.55. The maximum absolute atomic E-state index is 13.5. The van der Waals surface area contributed by atoms with Gasteiger partial charge in [-0.2, -0.15) is 0 Å². The van der Waals surface area contributed by atoms with Gasteiger partial charge in [0.15, 0.2) is 0 Å². The minimum atomic E-state index is -0.302. The van der Waals surface area contributed by atoms with Crippen LogP contribution in [-0.2, 0) is 15.9 Å². The third-order valence-electron chi connectivity index (χ3n) is 6.59. The molecule has 2 aromatic rings. The molecule has 174 valence electrons. The molecule has 2 heterocycles. The predicted molar refractivity (Wildman–Crippen MR) is 125 cm³/mol. The first kappa shape index (κ1) is 23.3. The lowest BCUT2D eigenvalue weighted by atomic mass is 9.88. The van der Waals surface area contributed by atoms with Crippen LogP contribution in [0.2, 0.25) is 0 Å². The molecule has 1 amide bonds. The second kappa shape index (κ2) is 11.3. The Kier molecular flexibility index (Phi) is 7.98. The second-order valence-electron chi connectivity index (χ2n) is 8.71. The SMILES string of the molecule is C#CCOCCN1CCC(COC(=O)N2CCc3ccccc3[C@@H]2c2ccc(F)cc2)CC1. The smallest absolute Gasteiger partial charge is 0.410 e. The molecule has 0 radical (unpaired) electrons. The number of carbonyl (C=O) groups is 1. The van der Waals surface area contributed by atoms with Crippen LogP contribution in [0.3, 0.4) is 0 Å². The average Bonchev–Trinajstić information content (AvgIpc) is 2.86. The number of fused-ring (bicyclic) bond motifs is 1. The van der Waals surface area contributed by atoms with Gasteiger partial charge in [0, 0.05) is 13.1 Å². The molecule has 2 aliphatic heterocycles. The molecule has 0 aromatic heterocycles. The summed E-state index contributed by atoms with van der Waals surface area (Å²) < 4.78 is 24.7. The van der Waals surface area contributed by atoms with Gasteiger partial charge in [-0.1, -0.05) is 42.3 Å². The van der Waals surface area contributed by atoms with E-state index in [0.29, 0.717) is 32.3 Å². The van der Waals surface area contributed by atoms with Crippen molar-refractivity contribution in [1.29, 1.82) is 0 Å². The van der Waals surface area contributed by atoms with Crippen molar-refractivity contribution >= 4 is 6.09 Å². The molecule has 1 fully saturated rings. The van der Waals surface area contributed by atoms with Gasteiger partial charge < -0.3 is 14.4 Å². The van der Waals surface area contributed by atoms with Crippen LogP contribution in [0, 0.1) is 24.1 Å². The van der Waals surface area contributed by atoms with E-state index in [1.54, 1.807) is 17.0 Å². The van der Waals surface area contributed by atoms with E-state index >= 15 is 0 Å². The van der Waals surface area contributed by atoms with Crippen molar-refractivity contribution in [3.05, 3.63) is 71.0 Å². The van der Waals surface area contributed by atoms with E-state index in [4.69, 9.17) is 15.9 Å². The molecule has 6 heteroatoms. The molecule has 33 heavy (non-hydrogen) atoms. The van der Waals surface area contributed by atoms with Gasteiger partial charge in [0.25, 0.3) is 0 Å². The van der Waals surface area contributed by atoms with Gasteiger partial charge >= 0.3 is 6.09 Å². The number of rotatable bonds is 7. The molecule has 5 nitrogen and oxygen atoms in total.